The molecule has 1 aromatic heterocycles. The number of benzene rings is 1. The zero-order valence-corrected chi connectivity index (χ0v) is 10.1. The first-order valence-electron chi connectivity index (χ1n) is 6.28. The second kappa shape index (κ2) is 4.78. The summed E-state index contributed by atoms with van der Waals surface area (Å²) in [5, 5.41) is 13.5. The molecule has 1 aliphatic carbocycles. The Labute approximate surface area is 107 Å². The third kappa shape index (κ3) is 2.51. The Morgan fingerprint density at radius 3 is 2.44 bits per heavy atom. The fourth-order valence-electron chi connectivity index (χ4n) is 1.92. The number of nitrogens with zero attached hydrogens (tertiary/aromatic N) is 1. The summed E-state index contributed by atoms with van der Waals surface area (Å²) in [4.78, 5) is 4.33. The Kier molecular flexibility index (Phi) is 2.99. The zero-order chi connectivity index (χ0) is 12.4. The van der Waals surface area contributed by atoms with Crippen LogP contribution in [0.3, 0.4) is 0 Å². The number of aliphatic hydroxyl groups excluding tert-OH is 1. The van der Waals surface area contributed by atoms with E-state index < -0.39 is 6.10 Å². The van der Waals surface area contributed by atoms with Crippen molar-refractivity contribution in [3.8, 4) is 0 Å². The molecule has 0 aliphatic heterocycles. The quantitative estimate of drug-likeness (QED) is 0.863. The van der Waals surface area contributed by atoms with Crippen molar-refractivity contribution in [3.63, 3.8) is 0 Å². The van der Waals surface area contributed by atoms with E-state index in [0.29, 0.717) is 6.04 Å². The highest BCUT2D eigenvalue weighted by molar-refractivity contribution is 5.39. The lowest BCUT2D eigenvalue weighted by Crippen LogP contribution is -2.04. The van der Waals surface area contributed by atoms with Crippen molar-refractivity contribution < 1.29 is 5.11 Å². The zero-order valence-electron chi connectivity index (χ0n) is 10.1. The van der Waals surface area contributed by atoms with Gasteiger partial charge in [0.05, 0.1) is 0 Å². The fraction of sp³-hybridized carbons (Fsp3) is 0.267. The average molecular weight is 240 g/mol. The smallest absolute Gasteiger partial charge is 0.126 e. The first kappa shape index (κ1) is 11.2. The van der Waals surface area contributed by atoms with Crippen LogP contribution in [0.2, 0.25) is 0 Å². The van der Waals surface area contributed by atoms with Crippen molar-refractivity contribution in [2.24, 2.45) is 0 Å². The van der Waals surface area contributed by atoms with Crippen LogP contribution in [0.4, 0.5) is 5.82 Å². The molecule has 0 unspecified atom stereocenters. The van der Waals surface area contributed by atoms with Crippen molar-refractivity contribution in [2.75, 3.05) is 5.32 Å². The number of pyridine rings is 1. The minimum atomic E-state index is -0.603. The standard InChI is InChI=1S/C15H16N2O/c18-15(11-4-2-1-3-5-11)12-6-9-14(16-10-12)17-13-7-8-13/h1-6,9-10,13,15,18H,7-8H2,(H,16,17)/t15-/m1/s1. The molecule has 1 aliphatic rings. The van der Waals surface area contributed by atoms with Gasteiger partial charge >= 0.3 is 0 Å². The van der Waals surface area contributed by atoms with Gasteiger partial charge in [-0.3, -0.25) is 0 Å². The van der Waals surface area contributed by atoms with Crippen molar-refractivity contribution in [2.45, 2.75) is 25.0 Å². The van der Waals surface area contributed by atoms with Crippen molar-refractivity contribution >= 4 is 5.82 Å². The Bertz CT molecular complexity index is 506. The van der Waals surface area contributed by atoms with E-state index in [9.17, 15) is 5.11 Å². The van der Waals surface area contributed by atoms with Gasteiger partial charge in [0.25, 0.3) is 0 Å². The van der Waals surface area contributed by atoms with Crippen LogP contribution in [0.5, 0.6) is 0 Å². The number of anilines is 1. The van der Waals surface area contributed by atoms with Crippen LogP contribution in [-0.2, 0) is 0 Å². The number of rotatable bonds is 4. The van der Waals surface area contributed by atoms with Gasteiger partial charge in [0.1, 0.15) is 11.9 Å². The summed E-state index contributed by atoms with van der Waals surface area (Å²) in [5.74, 6) is 0.890. The summed E-state index contributed by atoms with van der Waals surface area (Å²) < 4.78 is 0. The summed E-state index contributed by atoms with van der Waals surface area (Å²) >= 11 is 0. The van der Waals surface area contributed by atoms with Crippen LogP contribution in [0, 0.1) is 0 Å². The first-order chi connectivity index (χ1) is 8.83. The van der Waals surface area contributed by atoms with Gasteiger partial charge in [-0.1, -0.05) is 36.4 Å². The molecule has 2 aromatic rings. The van der Waals surface area contributed by atoms with Crippen LogP contribution in [0.25, 0.3) is 0 Å². The second-order valence-corrected chi connectivity index (χ2v) is 4.71. The number of aromatic nitrogens is 1. The topological polar surface area (TPSA) is 45.1 Å². The molecule has 3 nitrogen and oxygen atoms in total. The largest absolute Gasteiger partial charge is 0.384 e. The Balaban J connectivity index is 1.75. The van der Waals surface area contributed by atoms with Crippen LogP contribution < -0.4 is 5.32 Å². The molecule has 3 heteroatoms. The maximum absolute atomic E-state index is 10.2. The third-order valence-corrected chi connectivity index (χ3v) is 3.15. The molecular formula is C15H16N2O. The number of hydrogen-bond donors (Lipinski definition) is 2. The third-order valence-electron chi connectivity index (χ3n) is 3.15. The van der Waals surface area contributed by atoms with Gasteiger partial charge < -0.3 is 10.4 Å². The SMILES string of the molecule is O[C@H](c1ccccc1)c1ccc(NC2CC2)nc1. The van der Waals surface area contributed by atoms with Gasteiger partial charge in [-0.05, 0) is 24.5 Å². The molecular weight excluding hydrogens is 224 g/mol. The molecule has 1 atom stereocenters. The Hall–Kier alpha value is -1.87. The maximum Gasteiger partial charge on any atom is 0.126 e. The predicted octanol–water partition coefficient (Wildman–Crippen LogP) is 2.74. The van der Waals surface area contributed by atoms with E-state index >= 15 is 0 Å². The summed E-state index contributed by atoms with van der Waals surface area (Å²) in [6.45, 7) is 0. The van der Waals surface area contributed by atoms with E-state index in [4.69, 9.17) is 0 Å². The molecule has 3 rings (SSSR count). The van der Waals surface area contributed by atoms with E-state index in [1.165, 1.54) is 12.8 Å². The lowest BCUT2D eigenvalue weighted by molar-refractivity contribution is 0.220. The molecule has 92 valence electrons. The van der Waals surface area contributed by atoms with E-state index in [1.807, 2.05) is 42.5 Å². The molecule has 0 spiro atoms. The van der Waals surface area contributed by atoms with E-state index in [-0.39, 0.29) is 0 Å². The number of aliphatic hydroxyl groups is 1. The molecule has 18 heavy (non-hydrogen) atoms. The Morgan fingerprint density at radius 1 is 1.06 bits per heavy atom. The highest BCUT2D eigenvalue weighted by Gasteiger charge is 2.21. The van der Waals surface area contributed by atoms with E-state index in [1.54, 1.807) is 6.20 Å². The summed E-state index contributed by atoms with van der Waals surface area (Å²) in [7, 11) is 0. The van der Waals surface area contributed by atoms with Crippen LogP contribution in [-0.4, -0.2) is 16.1 Å². The van der Waals surface area contributed by atoms with E-state index in [0.717, 1.165) is 16.9 Å². The van der Waals surface area contributed by atoms with Gasteiger partial charge in [0, 0.05) is 17.8 Å². The summed E-state index contributed by atoms with van der Waals surface area (Å²) in [6, 6.07) is 14.1. The van der Waals surface area contributed by atoms with Crippen molar-refractivity contribution in [1.29, 1.82) is 0 Å². The molecule has 0 bridgehead atoms. The molecule has 1 fully saturated rings. The average Bonchev–Trinajstić information content (AvgIpc) is 3.24. The van der Waals surface area contributed by atoms with Gasteiger partial charge in [0.2, 0.25) is 0 Å². The summed E-state index contributed by atoms with van der Waals surface area (Å²) in [6.07, 6.45) is 3.60. The van der Waals surface area contributed by atoms with Crippen LogP contribution in [0.1, 0.15) is 30.1 Å². The van der Waals surface area contributed by atoms with Crippen molar-refractivity contribution in [1.82, 2.24) is 4.98 Å². The van der Waals surface area contributed by atoms with Crippen molar-refractivity contribution in [3.05, 3.63) is 59.8 Å². The molecule has 0 radical (unpaired) electrons. The van der Waals surface area contributed by atoms with Gasteiger partial charge in [-0.15, -0.1) is 0 Å². The molecule has 1 heterocycles. The highest BCUT2D eigenvalue weighted by atomic mass is 16.3. The number of hydrogen-bond acceptors (Lipinski definition) is 3. The minimum absolute atomic E-state index is 0.599. The maximum atomic E-state index is 10.2. The molecule has 0 amide bonds. The minimum Gasteiger partial charge on any atom is -0.384 e. The monoisotopic (exact) mass is 240 g/mol. The van der Waals surface area contributed by atoms with Gasteiger partial charge in [-0.25, -0.2) is 4.98 Å². The second-order valence-electron chi connectivity index (χ2n) is 4.71. The summed E-state index contributed by atoms with van der Waals surface area (Å²) in [5.41, 5.74) is 1.71. The first-order valence-corrected chi connectivity index (χ1v) is 6.28. The Morgan fingerprint density at radius 2 is 1.83 bits per heavy atom. The normalized spacial score (nSPS) is 16.3. The van der Waals surface area contributed by atoms with Crippen LogP contribution >= 0.6 is 0 Å². The molecule has 2 N–H and O–H groups in total. The highest BCUT2D eigenvalue weighted by Crippen LogP contribution is 2.25. The number of nitrogens with one attached hydrogen (secondary N) is 1. The van der Waals surface area contributed by atoms with Gasteiger partial charge in [0.15, 0.2) is 0 Å². The lowest BCUT2D eigenvalue weighted by Gasteiger charge is -2.11. The lowest BCUT2D eigenvalue weighted by atomic mass is 10.0. The fourth-order valence-corrected chi connectivity index (χ4v) is 1.92. The molecule has 1 saturated carbocycles. The van der Waals surface area contributed by atoms with Gasteiger partial charge in [-0.2, -0.15) is 0 Å². The van der Waals surface area contributed by atoms with E-state index in [2.05, 4.69) is 10.3 Å². The molecule has 1 aromatic carbocycles. The molecule has 0 saturated heterocycles. The van der Waals surface area contributed by atoms with Crippen LogP contribution in [0.15, 0.2) is 48.7 Å². The predicted molar refractivity (Wildman–Crippen MR) is 71.4 cm³/mol.